The summed E-state index contributed by atoms with van der Waals surface area (Å²) in [6.45, 7) is 0.802. The minimum absolute atomic E-state index is 0.570. The van der Waals surface area contributed by atoms with Gasteiger partial charge in [0.1, 0.15) is 0 Å². The zero-order valence-electron chi connectivity index (χ0n) is 8.11. The topological polar surface area (TPSA) is 24.9 Å². The number of hydrogen-bond acceptors (Lipinski definition) is 3. The lowest BCUT2D eigenvalue weighted by Gasteiger charge is -2.03. The zero-order chi connectivity index (χ0) is 10.5. The molecule has 2 rings (SSSR count). The second kappa shape index (κ2) is 5.14. The van der Waals surface area contributed by atoms with Crippen molar-refractivity contribution in [3.05, 3.63) is 47.0 Å². The molecular weight excluding hydrogens is 228 g/mol. The first-order valence-corrected chi connectivity index (χ1v) is 6.07. The van der Waals surface area contributed by atoms with Gasteiger partial charge in [-0.2, -0.15) is 0 Å². The van der Waals surface area contributed by atoms with Gasteiger partial charge in [-0.15, -0.1) is 22.9 Å². The minimum Gasteiger partial charge on any atom is -0.357 e. The average Bonchev–Trinajstić information content (AvgIpc) is 2.80. The number of anilines is 1. The number of nitrogens with one attached hydrogen (secondary N) is 1. The summed E-state index contributed by atoms with van der Waals surface area (Å²) in [6.07, 6.45) is 1.80. The smallest absolute Gasteiger partial charge is 0.182 e. The molecule has 2 nitrogen and oxygen atoms in total. The number of nitrogens with zero attached hydrogens (tertiary/aromatic N) is 1. The Balaban J connectivity index is 1.93. The number of rotatable bonds is 4. The molecule has 0 saturated carbocycles. The van der Waals surface area contributed by atoms with Crippen LogP contribution in [0.15, 0.2) is 35.8 Å². The van der Waals surface area contributed by atoms with Crippen LogP contribution in [0.2, 0.25) is 0 Å². The molecule has 0 saturated heterocycles. The molecular formula is C11H11ClN2S. The van der Waals surface area contributed by atoms with E-state index in [9.17, 15) is 0 Å². The van der Waals surface area contributed by atoms with Gasteiger partial charge in [0.2, 0.25) is 0 Å². The summed E-state index contributed by atoms with van der Waals surface area (Å²) in [6, 6.07) is 8.26. The maximum atomic E-state index is 5.71. The van der Waals surface area contributed by atoms with Gasteiger partial charge in [-0.1, -0.05) is 24.3 Å². The monoisotopic (exact) mass is 238 g/mol. The Morgan fingerprint density at radius 2 is 1.93 bits per heavy atom. The van der Waals surface area contributed by atoms with Crippen molar-refractivity contribution >= 4 is 28.1 Å². The van der Waals surface area contributed by atoms with E-state index in [0.29, 0.717) is 5.88 Å². The summed E-state index contributed by atoms with van der Waals surface area (Å²) in [5, 5.41) is 6.17. The third-order valence-corrected chi connectivity index (χ3v) is 3.09. The maximum Gasteiger partial charge on any atom is 0.182 e. The van der Waals surface area contributed by atoms with E-state index < -0.39 is 0 Å². The fraction of sp³-hybridized carbons (Fsp3) is 0.182. The lowest BCUT2D eigenvalue weighted by molar-refractivity contribution is 1.13. The van der Waals surface area contributed by atoms with Crippen LogP contribution in [0.25, 0.3) is 0 Å². The fourth-order valence-corrected chi connectivity index (χ4v) is 1.94. The molecule has 0 bridgehead atoms. The van der Waals surface area contributed by atoms with Crippen LogP contribution in [-0.4, -0.2) is 4.98 Å². The first-order valence-electron chi connectivity index (χ1n) is 4.65. The summed E-state index contributed by atoms with van der Waals surface area (Å²) in [5.41, 5.74) is 2.38. The molecule has 4 heteroatoms. The van der Waals surface area contributed by atoms with Crippen molar-refractivity contribution in [3.63, 3.8) is 0 Å². The normalized spacial score (nSPS) is 10.2. The third-order valence-electron chi connectivity index (χ3n) is 2.05. The maximum absolute atomic E-state index is 5.71. The average molecular weight is 239 g/mol. The van der Waals surface area contributed by atoms with E-state index in [0.717, 1.165) is 17.2 Å². The lowest BCUT2D eigenvalue weighted by atomic mass is 10.1. The summed E-state index contributed by atoms with van der Waals surface area (Å²) < 4.78 is 0. The second-order valence-corrected chi connectivity index (χ2v) is 4.30. The van der Waals surface area contributed by atoms with Gasteiger partial charge in [-0.05, 0) is 11.1 Å². The van der Waals surface area contributed by atoms with E-state index in [1.54, 1.807) is 17.5 Å². The Labute approximate surface area is 97.9 Å². The molecule has 78 valence electrons. The molecule has 0 atom stereocenters. The van der Waals surface area contributed by atoms with Gasteiger partial charge in [-0.3, -0.25) is 0 Å². The SMILES string of the molecule is ClCc1ccc(CNc2nccs2)cc1. The molecule has 0 aliphatic heterocycles. The highest BCUT2D eigenvalue weighted by Crippen LogP contribution is 2.13. The molecule has 0 radical (unpaired) electrons. The van der Waals surface area contributed by atoms with Gasteiger partial charge in [0.05, 0.1) is 0 Å². The molecule has 0 amide bonds. The Kier molecular flexibility index (Phi) is 3.59. The highest BCUT2D eigenvalue weighted by molar-refractivity contribution is 7.13. The highest BCUT2D eigenvalue weighted by Gasteiger charge is 1.96. The minimum atomic E-state index is 0.570. The summed E-state index contributed by atoms with van der Waals surface area (Å²) in [5.74, 6) is 0.570. The van der Waals surface area contributed by atoms with Crippen LogP contribution in [0.3, 0.4) is 0 Å². The first-order chi connectivity index (χ1) is 7.38. The van der Waals surface area contributed by atoms with Crippen LogP contribution in [-0.2, 0) is 12.4 Å². The summed E-state index contributed by atoms with van der Waals surface area (Å²) >= 11 is 7.32. The van der Waals surface area contributed by atoms with Gasteiger partial charge in [0.25, 0.3) is 0 Å². The number of halogens is 1. The molecule has 0 fully saturated rings. The summed E-state index contributed by atoms with van der Waals surface area (Å²) in [4.78, 5) is 4.15. The molecule has 1 heterocycles. The van der Waals surface area contributed by atoms with Crippen molar-refractivity contribution in [2.75, 3.05) is 5.32 Å². The van der Waals surface area contributed by atoms with Crippen molar-refractivity contribution in [3.8, 4) is 0 Å². The number of benzene rings is 1. The van der Waals surface area contributed by atoms with Gasteiger partial charge in [-0.25, -0.2) is 4.98 Å². The Hall–Kier alpha value is -1.06. The van der Waals surface area contributed by atoms with E-state index in [4.69, 9.17) is 11.6 Å². The van der Waals surface area contributed by atoms with E-state index in [-0.39, 0.29) is 0 Å². The van der Waals surface area contributed by atoms with E-state index in [1.165, 1.54) is 5.56 Å². The quantitative estimate of drug-likeness (QED) is 0.825. The van der Waals surface area contributed by atoms with Crippen molar-refractivity contribution < 1.29 is 0 Å². The van der Waals surface area contributed by atoms with E-state index >= 15 is 0 Å². The molecule has 0 unspecified atom stereocenters. The van der Waals surface area contributed by atoms with Crippen LogP contribution >= 0.6 is 22.9 Å². The van der Waals surface area contributed by atoms with Crippen molar-refractivity contribution in [2.24, 2.45) is 0 Å². The van der Waals surface area contributed by atoms with Gasteiger partial charge < -0.3 is 5.32 Å². The number of hydrogen-bond donors (Lipinski definition) is 1. The van der Waals surface area contributed by atoms with Crippen molar-refractivity contribution in [1.82, 2.24) is 4.98 Å². The van der Waals surface area contributed by atoms with Crippen LogP contribution in [0.4, 0.5) is 5.13 Å². The second-order valence-electron chi connectivity index (χ2n) is 3.14. The van der Waals surface area contributed by atoms with Gasteiger partial charge in [0.15, 0.2) is 5.13 Å². The van der Waals surface area contributed by atoms with Gasteiger partial charge in [0, 0.05) is 24.0 Å². The Bertz CT molecular complexity index is 397. The fourth-order valence-electron chi connectivity index (χ4n) is 1.23. The van der Waals surface area contributed by atoms with Crippen molar-refractivity contribution in [2.45, 2.75) is 12.4 Å². The standard InChI is InChI=1S/C11H11ClN2S/c12-7-9-1-3-10(4-2-9)8-14-11-13-5-6-15-11/h1-6H,7-8H2,(H,13,14). The molecule has 1 aromatic carbocycles. The van der Waals surface area contributed by atoms with Crippen LogP contribution < -0.4 is 5.32 Å². The van der Waals surface area contributed by atoms with Gasteiger partial charge >= 0.3 is 0 Å². The number of thiazole rings is 1. The van der Waals surface area contributed by atoms with Crippen LogP contribution in [0.1, 0.15) is 11.1 Å². The highest BCUT2D eigenvalue weighted by atomic mass is 35.5. The van der Waals surface area contributed by atoms with E-state index in [2.05, 4.69) is 22.4 Å². The largest absolute Gasteiger partial charge is 0.357 e. The zero-order valence-corrected chi connectivity index (χ0v) is 9.68. The van der Waals surface area contributed by atoms with Crippen LogP contribution in [0.5, 0.6) is 0 Å². The molecule has 2 aromatic rings. The molecule has 1 aromatic heterocycles. The number of alkyl halides is 1. The molecule has 0 aliphatic rings. The summed E-state index contributed by atoms with van der Waals surface area (Å²) in [7, 11) is 0. The Morgan fingerprint density at radius 1 is 1.20 bits per heavy atom. The molecule has 0 spiro atoms. The number of aromatic nitrogens is 1. The predicted octanol–water partition coefficient (Wildman–Crippen LogP) is 3.49. The first kappa shape index (κ1) is 10.5. The molecule has 15 heavy (non-hydrogen) atoms. The molecule has 0 aliphatic carbocycles. The van der Waals surface area contributed by atoms with Crippen LogP contribution in [0, 0.1) is 0 Å². The molecule has 1 N–H and O–H groups in total. The lowest BCUT2D eigenvalue weighted by Crippen LogP contribution is -1.98. The third kappa shape index (κ3) is 2.94. The van der Waals surface area contributed by atoms with Crippen molar-refractivity contribution in [1.29, 1.82) is 0 Å². The van der Waals surface area contributed by atoms with E-state index in [1.807, 2.05) is 17.5 Å². The Morgan fingerprint density at radius 3 is 2.53 bits per heavy atom. The predicted molar refractivity (Wildman–Crippen MR) is 65.4 cm³/mol.